The SMILES string of the molecule is CN=C(NCC(C)(C)C(=O)NC)N(C)Cc1cc(OC)c(OC)cc1C. The fourth-order valence-corrected chi connectivity index (χ4v) is 2.63. The molecule has 146 valence electrons. The molecule has 0 saturated heterocycles. The summed E-state index contributed by atoms with van der Waals surface area (Å²) >= 11 is 0. The highest BCUT2D eigenvalue weighted by Gasteiger charge is 2.27. The van der Waals surface area contributed by atoms with E-state index in [1.165, 1.54) is 0 Å². The predicted octanol–water partition coefficient (Wildman–Crippen LogP) is 1.79. The number of aryl methyl sites for hydroxylation is 1. The maximum Gasteiger partial charge on any atom is 0.227 e. The molecule has 0 aliphatic heterocycles. The second-order valence-electron chi connectivity index (χ2n) is 6.85. The van der Waals surface area contributed by atoms with Gasteiger partial charge in [0.15, 0.2) is 17.5 Å². The number of carbonyl (C=O) groups is 1. The summed E-state index contributed by atoms with van der Waals surface area (Å²) in [5.41, 5.74) is 1.68. The lowest BCUT2D eigenvalue weighted by atomic mass is 9.92. The molecular weight excluding hydrogens is 332 g/mol. The lowest BCUT2D eigenvalue weighted by molar-refractivity contribution is -0.128. The predicted molar refractivity (Wildman–Crippen MR) is 105 cm³/mol. The van der Waals surface area contributed by atoms with Gasteiger partial charge in [-0.3, -0.25) is 9.79 Å². The summed E-state index contributed by atoms with van der Waals surface area (Å²) in [5.74, 6) is 2.12. The Hall–Kier alpha value is -2.44. The molecule has 7 nitrogen and oxygen atoms in total. The van der Waals surface area contributed by atoms with Crippen LogP contribution in [0.3, 0.4) is 0 Å². The number of ether oxygens (including phenoxy) is 2. The summed E-state index contributed by atoms with van der Waals surface area (Å²) < 4.78 is 10.7. The Morgan fingerprint density at radius 1 is 1.23 bits per heavy atom. The quantitative estimate of drug-likeness (QED) is 0.570. The molecule has 0 unspecified atom stereocenters. The minimum Gasteiger partial charge on any atom is -0.493 e. The molecule has 1 aromatic rings. The maximum atomic E-state index is 11.9. The highest BCUT2D eigenvalue weighted by atomic mass is 16.5. The second kappa shape index (κ2) is 9.31. The van der Waals surface area contributed by atoms with Crippen molar-refractivity contribution in [1.82, 2.24) is 15.5 Å². The van der Waals surface area contributed by atoms with Gasteiger partial charge in [0.05, 0.1) is 19.6 Å². The molecule has 0 saturated carbocycles. The summed E-state index contributed by atoms with van der Waals surface area (Å²) in [6, 6.07) is 3.94. The van der Waals surface area contributed by atoms with Gasteiger partial charge in [-0.15, -0.1) is 0 Å². The molecule has 0 heterocycles. The van der Waals surface area contributed by atoms with Crippen molar-refractivity contribution in [1.29, 1.82) is 0 Å². The molecule has 1 rings (SSSR count). The fraction of sp³-hybridized carbons (Fsp3) is 0.579. The van der Waals surface area contributed by atoms with Gasteiger partial charge in [0, 0.05) is 34.2 Å². The molecular formula is C19H32N4O3. The maximum absolute atomic E-state index is 11.9. The van der Waals surface area contributed by atoms with Crippen LogP contribution in [-0.4, -0.2) is 58.7 Å². The Balaban J connectivity index is 2.88. The number of guanidine groups is 1. The third kappa shape index (κ3) is 5.28. The van der Waals surface area contributed by atoms with Crippen molar-refractivity contribution in [2.24, 2.45) is 10.4 Å². The Morgan fingerprint density at radius 2 is 1.81 bits per heavy atom. The van der Waals surface area contributed by atoms with Crippen LogP contribution in [0.5, 0.6) is 11.5 Å². The monoisotopic (exact) mass is 364 g/mol. The first-order chi connectivity index (χ1) is 12.2. The van der Waals surface area contributed by atoms with E-state index >= 15 is 0 Å². The molecule has 0 aliphatic rings. The number of rotatable bonds is 7. The summed E-state index contributed by atoms with van der Waals surface area (Å²) in [4.78, 5) is 18.3. The van der Waals surface area contributed by atoms with E-state index in [0.717, 1.165) is 17.1 Å². The fourth-order valence-electron chi connectivity index (χ4n) is 2.63. The largest absolute Gasteiger partial charge is 0.493 e. The number of hydrogen-bond acceptors (Lipinski definition) is 4. The van der Waals surface area contributed by atoms with Crippen molar-refractivity contribution in [2.45, 2.75) is 27.3 Å². The van der Waals surface area contributed by atoms with Gasteiger partial charge < -0.3 is 25.0 Å². The topological polar surface area (TPSA) is 75.2 Å². The normalized spacial score (nSPS) is 11.8. The molecule has 0 radical (unpaired) electrons. The van der Waals surface area contributed by atoms with Crippen LogP contribution < -0.4 is 20.1 Å². The molecule has 0 fully saturated rings. The number of methoxy groups -OCH3 is 2. The van der Waals surface area contributed by atoms with E-state index in [2.05, 4.69) is 15.6 Å². The van der Waals surface area contributed by atoms with Crippen LogP contribution in [0.1, 0.15) is 25.0 Å². The smallest absolute Gasteiger partial charge is 0.227 e. The highest BCUT2D eigenvalue weighted by Crippen LogP contribution is 2.30. The third-order valence-corrected chi connectivity index (χ3v) is 4.35. The van der Waals surface area contributed by atoms with Crippen LogP contribution in [0.2, 0.25) is 0 Å². The number of hydrogen-bond donors (Lipinski definition) is 2. The first-order valence-electron chi connectivity index (χ1n) is 8.55. The summed E-state index contributed by atoms with van der Waals surface area (Å²) in [5, 5.41) is 5.96. The minimum absolute atomic E-state index is 0.0150. The molecule has 2 N–H and O–H groups in total. The van der Waals surface area contributed by atoms with Gasteiger partial charge in [-0.05, 0) is 44.0 Å². The number of nitrogens with one attached hydrogen (secondary N) is 2. The van der Waals surface area contributed by atoms with Crippen molar-refractivity contribution in [2.75, 3.05) is 41.9 Å². The Morgan fingerprint density at radius 3 is 2.31 bits per heavy atom. The first-order valence-corrected chi connectivity index (χ1v) is 8.55. The highest BCUT2D eigenvalue weighted by molar-refractivity contribution is 5.84. The van der Waals surface area contributed by atoms with Gasteiger partial charge in [0.1, 0.15) is 0 Å². The van der Waals surface area contributed by atoms with Gasteiger partial charge in [-0.1, -0.05) is 0 Å². The lowest BCUT2D eigenvalue weighted by Gasteiger charge is -2.28. The average molecular weight is 364 g/mol. The zero-order valence-corrected chi connectivity index (χ0v) is 17.2. The standard InChI is InChI=1S/C19H32N4O3/c1-13-9-15(25-7)16(26-8)10-14(13)11-23(6)18(21-5)22-12-19(2,3)17(24)20-4/h9-10H,11-12H2,1-8H3,(H,20,24)(H,21,22). The van der Waals surface area contributed by atoms with E-state index < -0.39 is 5.41 Å². The van der Waals surface area contributed by atoms with Gasteiger partial charge >= 0.3 is 0 Å². The number of carbonyl (C=O) groups excluding carboxylic acids is 1. The summed E-state index contributed by atoms with van der Waals surface area (Å²) in [7, 11) is 8.58. The van der Waals surface area contributed by atoms with E-state index in [9.17, 15) is 4.79 Å². The van der Waals surface area contributed by atoms with Crippen LogP contribution in [0.25, 0.3) is 0 Å². The lowest BCUT2D eigenvalue weighted by Crippen LogP contribution is -2.47. The van der Waals surface area contributed by atoms with Crippen molar-refractivity contribution in [3.63, 3.8) is 0 Å². The third-order valence-electron chi connectivity index (χ3n) is 4.35. The Kier molecular flexibility index (Phi) is 7.74. The summed E-state index contributed by atoms with van der Waals surface area (Å²) in [6.45, 7) is 6.95. The number of nitrogens with zero attached hydrogens (tertiary/aromatic N) is 2. The van der Waals surface area contributed by atoms with E-state index in [4.69, 9.17) is 9.47 Å². The van der Waals surface area contributed by atoms with Gasteiger partial charge in [-0.2, -0.15) is 0 Å². The molecule has 0 spiro atoms. The van der Waals surface area contributed by atoms with Crippen LogP contribution in [0.15, 0.2) is 17.1 Å². The first kappa shape index (κ1) is 21.6. The number of benzene rings is 1. The van der Waals surface area contributed by atoms with Gasteiger partial charge in [-0.25, -0.2) is 0 Å². The van der Waals surface area contributed by atoms with Crippen molar-refractivity contribution >= 4 is 11.9 Å². The minimum atomic E-state index is -0.537. The van der Waals surface area contributed by atoms with Crippen LogP contribution in [0.4, 0.5) is 0 Å². The molecule has 7 heteroatoms. The van der Waals surface area contributed by atoms with Gasteiger partial charge in [0.25, 0.3) is 0 Å². The van der Waals surface area contributed by atoms with Crippen LogP contribution in [-0.2, 0) is 11.3 Å². The van der Waals surface area contributed by atoms with E-state index in [-0.39, 0.29) is 5.91 Å². The molecule has 26 heavy (non-hydrogen) atoms. The van der Waals surface area contributed by atoms with E-state index in [0.29, 0.717) is 24.6 Å². The zero-order chi connectivity index (χ0) is 19.9. The van der Waals surface area contributed by atoms with Gasteiger partial charge in [0.2, 0.25) is 5.91 Å². The zero-order valence-electron chi connectivity index (χ0n) is 17.2. The summed E-state index contributed by atoms with van der Waals surface area (Å²) in [6.07, 6.45) is 0. The average Bonchev–Trinajstić information content (AvgIpc) is 2.62. The van der Waals surface area contributed by atoms with Crippen molar-refractivity contribution < 1.29 is 14.3 Å². The number of aliphatic imine (C=N–C) groups is 1. The molecule has 1 amide bonds. The molecule has 1 aromatic carbocycles. The number of amides is 1. The van der Waals surface area contributed by atoms with E-state index in [1.807, 2.05) is 44.9 Å². The Bertz CT molecular complexity index is 656. The van der Waals surface area contributed by atoms with Crippen LogP contribution in [0, 0.1) is 12.3 Å². The molecule has 0 bridgehead atoms. The van der Waals surface area contributed by atoms with E-state index in [1.54, 1.807) is 28.3 Å². The second-order valence-corrected chi connectivity index (χ2v) is 6.85. The van der Waals surface area contributed by atoms with Crippen LogP contribution >= 0.6 is 0 Å². The Labute approximate surface area is 156 Å². The van der Waals surface area contributed by atoms with Crippen molar-refractivity contribution in [3.8, 4) is 11.5 Å². The molecule has 0 aliphatic carbocycles. The molecule has 0 aromatic heterocycles. The molecule has 0 atom stereocenters. The van der Waals surface area contributed by atoms with Crippen molar-refractivity contribution in [3.05, 3.63) is 23.3 Å².